The third-order valence-electron chi connectivity index (χ3n) is 3.75. The number of aromatic nitrogens is 2. The highest BCUT2D eigenvalue weighted by atomic mass is 16.5. The van der Waals surface area contributed by atoms with Crippen molar-refractivity contribution in [3.8, 4) is 0 Å². The number of hydrogen-bond acceptors (Lipinski definition) is 4. The van der Waals surface area contributed by atoms with E-state index in [-0.39, 0.29) is 0 Å². The number of rotatable bonds is 11. The fourth-order valence-electron chi connectivity index (χ4n) is 2.33. The number of aliphatic hydroxyl groups is 1. The molecule has 0 radical (unpaired) electrons. The molecule has 122 valence electrons. The minimum atomic E-state index is -0.492. The number of nitrogens with zero attached hydrogens (tertiary/aromatic N) is 2. The summed E-state index contributed by atoms with van der Waals surface area (Å²) >= 11 is 0. The van der Waals surface area contributed by atoms with Gasteiger partial charge in [-0.25, -0.2) is 0 Å². The zero-order chi connectivity index (χ0) is 15.7. The van der Waals surface area contributed by atoms with Crippen molar-refractivity contribution in [2.45, 2.75) is 52.6 Å². The first kappa shape index (κ1) is 18.0. The van der Waals surface area contributed by atoms with Crippen molar-refractivity contribution < 1.29 is 9.84 Å². The van der Waals surface area contributed by atoms with Gasteiger partial charge in [-0.3, -0.25) is 4.68 Å². The van der Waals surface area contributed by atoms with Crippen molar-refractivity contribution in [1.82, 2.24) is 9.78 Å². The summed E-state index contributed by atoms with van der Waals surface area (Å²) in [4.78, 5) is 0. The molecule has 0 bridgehead atoms. The van der Waals surface area contributed by atoms with Gasteiger partial charge in [0.05, 0.1) is 24.1 Å². The van der Waals surface area contributed by atoms with Gasteiger partial charge >= 0.3 is 0 Å². The Labute approximate surface area is 128 Å². The fourth-order valence-corrected chi connectivity index (χ4v) is 2.33. The van der Waals surface area contributed by atoms with Crippen molar-refractivity contribution in [2.24, 2.45) is 13.0 Å². The highest BCUT2D eigenvalue weighted by molar-refractivity contribution is 5.45. The van der Waals surface area contributed by atoms with Crippen molar-refractivity contribution in [2.75, 3.05) is 25.1 Å². The molecule has 1 aromatic heterocycles. The fraction of sp³-hybridized carbons (Fsp3) is 0.812. The molecule has 0 aliphatic rings. The quantitative estimate of drug-likeness (QED) is 0.659. The molecule has 0 aromatic carbocycles. The maximum Gasteiger partial charge on any atom is 0.0945 e. The Morgan fingerprint density at radius 2 is 2.14 bits per heavy atom. The molecule has 5 heteroatoms. The first-order valence-corrected chi connectivity index (χ1v) is 8.06. The average Bonchev–Trinajstić information content (AvgIpc) is 2.78. The Morgan fingerprint density at radius 3 is 2.71 bits per heavy atom. The first-order chi connectivity index (χ1) is 10.1. The van der Waals surface area contributed by atoms with Crippen LogP contribution in [0.3, 0.4) is 0 Å². The van der Waals surface area contributed by atoms with Gasteiger partial charge in [0.15, 0.2) is 0 Å². The molecule has 0 aliphatic heterocycles. The van der Waals surface area contributed by atoms with E-state index >= 15 is 0 Å². The van der Waals surface area contributed by atoms with Gasteiger partial charge in [0.25, 0.3) is 0 Å². The van der Waals surface area contributed by atoms with Gasteiger partial charge in [-0.15, -0.1) is 0 Å². The van der Waals surface area contributed by atoms with Crippen LogP contribution in [0.2, 0.25) is 0 Å². The van der Waals surface area contributed by atoms with E-state index in [1.807, 2.05) is 20.2 Å². The third-order valence-corrected chi connectivity index (χ3v) is 3.75. The molecule has 0 fully saturated rings. The first-order valence-electron chi connectivity index (χ1n) is 8.06. The SMILES string of the molecule is CCCCC(CC)COCC(O)CNc1cn(C)nc1C. The minimum absolute atomic E-state index is 0.384. The normalized spacial score (nSPS) is 14.1. The molecular formula is C16H31N3O2. The summed E-state index contributed by atoms with van der Waals surface area (Å²) in [6.07, 6.45) is 6.27. The Morgan fingerprint density at radius 1 is 1.38 bits per heavy atom. The Kier molecular flexibility index (Phi) is 8.38. The lowest BCUT2D eigenvalue weighted by atomic mass is 10.0. The number of hydrogen-bond donors (Lipinski definition) is 2. The zero-order valence-electron chi connectivity index (χ0n) is 13.9. The number of nitrogens with one attached hydrogen (secondary N) is 1. The lowest BCUT2D eigenvalue weighted by Crippen LogP contribution is -2.26. The van der Waals surface area contributed by atoms with Gasteiger partial charge in [0.2, 0.25) is 0 Å². The Balaban J connectivity index is 2.18. The van der Waals surface area contributed by atoms with E-state index in [0.717, 1.165) is 24.4 Å². The molecule has 0 amide bonds. The summed E-state index contributed by atoms with van der Waals surface area (Å²) in [5.41, 5.74) is 1.90. The van der Waals surface area contributed by atoms with Crippen LogP contribution in [-0.2, 0) is 11.8 Å². The van der Waals surface area contributed by atoms with E-state index in [9.17, 15) is 5.11 Å². The second kappa shape index (κ2) is 9.79. The van der Waals surface area contributed by atoms with Crippen LogP contribution in [-0.4, -0.2) is 40.7 Å². The topological polar surface area (TPSA) is 59.3 Å². The number of aliphatic hydroxyl groups excluding tert-OH is 1. The average molecular weight is 297 g/mol. The second-order valence-corrected chi connectivity index (χ2v) is 5.79. The van der Waals surface area contributed by atoms with Crippen LogP contribution in [0.1, 0.15) is 45.2 Å². The highest BCUT2D eigenvalue weighted by Gasteiger charge is 2.10. The number of anilines is 1. The molecule has 5 nitrogen and oxygen atoms in total. The van der Waals surface area contributed by atoms with Crippen LogP contribution in [0.5, 0.6) is 0 Å². The summed E-state index contributed by atoms with van der Waals surface area (Å²) in [6.45, 7) is 7.98. The molecule has 1 heterocycles. The van der Waals surface area contributed by atoms with E-state index < -0.39 is 6.10 Å². The van der Waals surface area contributed by atoms with Gasteiger partial charge in [0.1, 0.15) is 0 Å². The maximum absolute atomic E-state index is 9.96. The van der Waals surface area contributed by atoms with Crippen LogP contribution >= 0.6 is 0 Å². The lowest BCUT2D eigenvalue weighted by Gasteiger charge is -2.17. The van der Waals surface area contributed by atoms with Crippen molar-refractivity contribution in [3.63, 3.8) is 0 Å². The monoisotopic (exact) mass is 297 g/mol. The molecule has 0 saturated carbocycles. The van der Waals surface area contributed by atoms with Gasteiger partial charge in [0, 0.05) is 26.4 Å². The summed E-state index contributed by atoms with van der Waals surface area (Å²) in [7, 11) is 1.89. The predicted molar refractivity (Wildman–Crippen MR) is 86.6 cm³/mol. The van der Waals surface area contributed by atoms with Gasteiger partial charge in [-0.2, -0.15) is 5.10 Å². The predicted octanol–water partition coefficient (Wildman–Crippen LogP) is 2.73. The molecule has 2 atom stereocenters. The van der Waals surface area contributed by atoms with Crippen molar-refractivity contribution in [3.05, 3.63) is 11.9 Å². The molecule has 0 aliphatic carbocycles. The zero-order valence-corrected chi connectivity index (χ0v) is 13.9. The van der Waals surface area contributed by atoms with Crippen LogP contribution in [0.4, 0.5) is 5.69 Å². The standard InChI is InChI=1S/C16H31N3O2/c1-5-7-8-14(6-2)11-21-12-15(20)9-17-16-10-19(4)18-13(16)3/h10,14-15,17,20H,5-9,11-12H2,1-4H3. The molecule has 0 saturated heterocycles. The highest BCUT2D eigenvalue weighted by Crippen LogP contribution is 2.13. The molecule has 1 aromatic rings. The van der Waals surface area contributed by atoms with Crippen LogP contribution in [0, 0.1) is 12.8 Å². The summed E-state index contributed by atoms with van der Waals surface area (Å²) in [6, 6.07) is 0. The molecule has 0 spiro atoms. The van der Waals surface area contributed by atoms with Crippen molar-refractivity contribution >= 4 is 5.69 Å². The summed E-state index contributed by atoms with van der Waals surface area (Å²) in [5, 5.41) is 17.4. The van der Waals surface area contributed by atoms with E-state index in [0.29, 0.717) is 19.1 Å². The number of unbranched alkanes of at least 4 members (excludes halogenated alkanes) is 1. The molecule has 1 rings (SSSR count). The van der Waals surface area contributed by atoms with E-state index in [1.165, 1.54) is 19.3 Å². The molecular weight excluding hydrogens is 266 g/mol. The Bertz CT molecular complexity index is 393. The molecule has 21 heavy (non-hydrogen) atoms. The molecule has 2 unspecified atom stereocenters. The molecule has 2 N–H and O–H groups in total. The Hall–Kier alpha value is -1.07. The largest absolute Gasteiger partial charge is 0.389 e. The van der Waals surface area contributed by atoms with E-state index in [1.54, 1.807) is 4.68 Å². The summed E-state index contributed by atoms with van der Waals surface area (Å²) < 4.78 is 7.42. The van der Waals surface area contributed by atoms with Gasteiger partial charge < -0.3 is 15.2 Å². The minimum Gasteiger partial charge on any atom is -0.389 e. The second-order valence-electron chi connectivity index (χ2n) is 5.79. The third kappa shape index (κ3) is 6.96. The summed E-state index contributed by atoms with van der Waals surface area (Å²) in [5.74, 6) is 0.616. The van der Waals surface area contributed by atoms with Crippen LogP contribution in [0.25, 0.3) is 0 Å². The van der Waals surface area contributed by atoms with E-state index in [4.69, 9.17) is 4.74 Å². The van der Waals surface area contributed by atoms with E-state index in [2.05, 4.69) is 24.3 Å². The van der Waals surface area contributed by atoms with Crippen LogP contribution < -0.4 is 5.32 Å². The van der Waals surface area contributed by atoms with Crippen molar-refractivity contribution in [1.29, 1.82) is 0 Å². The van der Waals surface area contributed by atoms with Crippen LogP contribution in [0.15, 0.2) is 6.20 Å². The smallest absolute Gasteiger partial charge is 0.0945 e. The number of aryl methyl sites for hydroxylation is 2. The lowest BCUT2D eigenvalue weighted by molar-refractivity contribution is 0.0245. The van der Waals surface area contributed by atoms with Gasteiger partial charge in [-0.1, -0.05) is 33.1 Å². The van der Waals surface area contributed by atoms with Gasteiger partial charge in [-0.05, 0) is 19.3 Å². The number of ether oxygens (including phenoxy) is 1. The maximum atomic E-state index is 9.96.